The number of hydrogen-bond acceptors (Lipinski definition) is 4. The lowest BCUT2D eigenvalue weighted by molar-refractivity contribution is 0.289. The third-order valence-corrected chi connectivity index (χ3v) is 6.07. The number of aryl methyl sites for hydroxylation is 3. The molecule has 0 bridgehead atoms. The molecule has 1 aliphatic heterocycles. The van der Waals surface area contributed by atoms with Gasteiger partial charge in [0.15, 0.2) is 6.73 Å². The zero-order valence-electron chi connectivity index (χ0n) is 17.7. The minimum absolute atomic E-state index is 0.381. The molecule has 0 fully saturated rings. The molecular weight excluding hydrogens is 410 g/mol. The van der Waals surface area contributed by atoms with E-state index < -0.39 is 5.63 Å². The molecule has 4 nitrogen and oxygen atoms in total. The maximum absolute atomic E-state index is 12.5. The topological polar surface area (TPSA) is 42.7 Å². The Kier molecular flexibility index (Phi) is 4.75. The van der Waals surface area contributed by atoms with E-state index in [1.165, 1.54) is 22.8 Å². The number of anilines is 1. The van der Waals surface area contributed by atoms with E-state index in [-0.39, 0.29) is 0 Å². The summed E-state index contributed by atoms with van der Waals surface area (Å²) in [5.74, 6) is 0.584. The van der Waals surface area contributed by atoms with Crippen LogP contribution in [-0.4, -0.2) is 6.73 Å². The van der Waals surface area contributed by atoms with Gasteiger partial charge in [0.2, 0.25) is 0 Å². The molecule has 3 aromatic carbocycles. The van der Waals surface area contributed by atoms with Crippen molar-refractivity contribution in [3.05, 3.63) is 92.3 Å². The minimum atomic E-state index is -0.393. The fourth-order valence-corrected chi connectivity index (χ4v) is 4.94. The number of hydrogen-bond donors (Lipinski definition) is 0. The molecule has 0 saturated carbocycles. The number of nitrogens with zero attached hydrogens (tertiary/aromatic N) is 1. The molecule has 4 aromatic rings. The Morgan fingerprint density at radius 3 is 2.39 bits per heavy atom. The van der Waals surface area contributed by atoms with Gasteiger partial charge >= 0.3 is 5.63 Å². The van der Waals surface area contributed by atoms with Crippen LogP contribution in [0.1, 0.15) is 22.3 Å². The summed E-state index contributed by atoms with van der Waals surface area (Å²) in [5, 5.41) is 1.32. The van der Waals surface area contributed by atoms with Crippen molar-refractivity contribution in [1.29, 1.82) is 0 Å². The lowest BCUT2D eigenvalue weighted by atomic mass is 9.98. The number of benzene rings is 3. The first kappa shape index (κ1) is 19.7. The first-order chi connectivity index (χ1) is 14.9. The van der Waals surface area contributed by atoms with Crippen LogP contribution >= 0.6 is 11.6 Å². The maximum atomic E-state index is 12.5. The highest BCUT2D eigenvalue weighted by Crippen LogP contribution is 2.42. The van der Waals surface area contributed by atoms with Crippen molar-refractivity contribution in [1.82, 2.24) is 0 Å². The third kappa shape index (κ3) is 3.37. The SMILES string of the molecule is Cc1cc(C)c(N2COc3c(Cl)cc4c(-c5ccccc5)cc(=O)oc4c3C2)c(C)c1. The van der Waals surface area contributed by atoms with Crippen LogP contribution in [-0.2, 0) is 6.54 Å². The van der Waals surface area contributed by atoms with Gasteiger partial charge in [0.1, 0.15) is 11.3 Å². The molecule has 0 spiro atoms. The zero-order chi connectivity index (χ0) is 21.7. The van der Waals surface area contributed by atoms with Gasteiger partial charge < -0.3 is 14.1 Å². The van der Waals surface area contributed by atoms with Crippen LogP contribution in [0, 0.1) is 20.8 Å². The molecule has 156 valence electrons. The summed E-state index contributed by atoms with van der Waals surface area (Å²) in [6.45, 7) is 7.23. The number of rotatable bonds is 2. The van der Waals surface area contributed by atoms with Gasteiger partial charge in [0, 0.05) is 17.1 Å². The Labute approximate surface area is 185 Å². The third-order valence-electron chi connectivity index (χ3n) is 5.79. The number of ether oxygens (including phenoxy) is 1. The Bertz CT molecular complexity index is 1350. The quantitative estimate of drug-likeness (QED) is 0.344. The molecule has 0 atom stereocenters. The molecule has 2 heterocycles. The number of halogens is 1. The summed E-state index contributed by atoms with van der Waals surface area (Å²) in [7, 11) is 0. The second kappa shape index (κ2) is 7.47. The number of fused-ring (bicyclic) bond motifs is 3. The maximum Gasteiger partial charge on any atom is 0.336 e. The predicted octanol–water partition coefficient (Wildman–Crippen LogP) is 6.40. The molecule has 5 rings (SSSR count). The molecular formula is C26H22ClNO3. The van der Waals surface area contributed by atoms with Gasteiger partial charge in [-0.3, -0.25) is 0 Å². The van der Waals surface area contributed by atoms with E-state index in [1.54, 1.807) is 0 Å². The van der Waals surface area contributed by atoms with Crippen molar-refractivity contribution in [3.8, 4) is 16.9 Å². The Morgan fingerprint density at radius 2 is 1.68 bits per heavy atom. The van der Waals surface area contributed by atoms with Crippen LogP contribution in [0.5, 0.6) is 5.75 Å². The van der Waals surface area contributed by atoms with E-state index >= 15 is 0 Å². The average molecular weight is 432 g/mol. The summed E-state index contributed by atoms with van der Waals surface area (Å²) in [6.07, 6.45) is 0. The van der Waals surface area contributed by atoms with Gasteiger partial charge in [0.05, 0.1) is 17.1 Å². The van der Waals surface area contributed by atoms with E-state index in [9.17, 15) is 4.79 Å². The summed E-state index contributed by atoms with van der Waals surface area (Å²) >= 11 is 6.63. The van der Waals surface area contributed by atoms with Crippen LogP contribution < -0.4 is 15.3 Å². The van der Waals surface area contributed by atoms with Crippen molar-refractivity contribution >= 4 is 28.3 Å². The standard InChI is InChI=1S/C26H22ClNO3/c1-15-9-16(2)24(17(3)10-15)28-13-21-25-20(11-22(27)26(21)30-14-28)19(12-23(29)31-25)18-7-5-4-6-8-18/h4-12H,13-14H2,1-3H3. The second-order valence-electron chi connectivity index (χ2n) is 8.11. The van der Waals surface area contributed by atoms with Gasteiger partial charge in [0.25, 0.3) is 0 Å². The molecule has 31 heavy (non-hydrogen) atoms. The van der Waals surface area contributed by atoms with E-state index in [1.807, 2.05) is 36.4 Å². The largest absolute Gasteiger partial charge is 0.471 e. The van der Waals surface area contributed by atoms with Crippen LogP contribution in [0.25, 0.3) is 22.1 Å². The molecule has 0 aliphatic carbocycles. The summed E-state index contributed by atoms with van der Waals surface area (Å²) in [5.41, 5.74) is 7.39. The molecule has 0 amide bonds. The van der Waals surface area contributed by atoms with Gasteiger partial charge in [-0.1, -0.05) is 59.6 Å². The highest BCUT2D eigenvalue weighted by molar-refractivity contribution is 6.33. The van der Waals surface area contributed by atoms with E-state index in [0.717, 1.165) is 27.8 Å². The predicted molar refractivity (Wildman–Crippen MR) is 125 cm³/mol. The minimum Gasteiger partial charge on any atom is -0.471 e. The Balaban J connectivity index is 1.71. The first-order valence-corrected chi connectivity index (χ1v) is 10.6. The highest BCUT2D eigenvalue weighted by atomic mass is 35.5. The summed E-state index contributed by atoms with van der Waals surface area (Å²) in [4.78, 5) is 14.7. The van der Waals surface area contributed by atoms with Crippen molar-refractivity contribution in [2.45, 2.75) is 27.3 Å². The van der Waals surface area contributed by atoms with Crippen molar-refractivity contribution in [2.75, 3.05) is 11.6 Å². The van der Waals surface area contributed by atoms with Crippen molar-refractivity contribution in [2.24, 2.45) is 0 Å². The summed E-state index contributed by atoms with van der Waals surface area (Å²) < 4.78 is 11.8. The lowest BCUT2D eigenvalue weighted by Gasteiger charge is -2.33. The monoisotopic (exact) mass is 431 g/mol. The fraction of sp³-hybridized carbons (Fsp3) is 0.192. The van der Waals surface area contributed by atoms with Crippen molar-refractivity contribution < 1.29 is 9.15 Å². The molecule has 0 radical (unpaired) electrons. The average Bonchev–Trinajstić information content (AvgIpc) is 2.74. The molecule has 0 unspecified atom stereocenters. The molecule has 1 aliphatic rings. The molecule has 0 saturated heterocycles. The van der Waals surface area contributed by atoms with Crippen LogP contribution in [0.4, 0.5) is 5.69 Å². The smallest absolute Gasteiger partial charge is 0.336 e. The molecule has 1 aromatic heterocycles. The normalized spacial score (nSPS) is 13.2. The van der Waals surface area contributed by atoms with Gasteiger partial charge in [-0.15, -0.1) is 0 Å². The highest BCUT2D eigenvalue weighted by Gasteiger charge is 2.27. The van der Waals surface area contributed by atoms with E-state index in [0.29, 0.717) is 29.6 Å². The van der Waals surface area contributed by atoms with Crippen molar-refractivity contribution in [3.63, 3.8) is 0 Å². The van der Waals surface area contributed by atoms with Crippen LogP contribution in [0.3, 0.4) is 0 Å². The zero-order valence-corrected chi connectivity index (χ0v) is 18.4. The van der Waals surface area contributed by atoms with E-state index in [4.69, 9.17) is 20.8 Å². The van der Waals surface area contributed by atoms with Gasteiger partial charge in [-0.25, -0.2) is 4.79 Å². The Morgan fingerprint density at radius 1 is 0.968 bits per heavy atom. The fourth-order valence-electron chi connectivity index (χ4n) is 4.66. The van der Waals surface area contributed by atoms with Gasteiger partial charge in [-0.2, -0.15) is 0 Å². The second-order valence-corrected chi connectivity index (χ2v) is 8.51. The van der Waals surface area contributed by atoms with Gasteiger partial charge in [-0.05, 0) is 49.1 Å². The molecule has 5 heteroatoms. The van der Waals surface area contributed by atoms with E-state index in [2.05, 4.69) is 37.8 Å². The van der Waals surface area contributed by atoms with Crippen LogP contribution in [0.15, 0.2) is 63.8 Å². The first-order valence-electron chi connectivity index (χ1n) is 10.2. The summed E-state index contributed by atoms with van der Waals surface area (Å²) in [6, 6.07) is 17.5. The Hall–Kier alpha value is -3.24. The molecule has 0 N–H and O–H groups in total. The van der Waals surface area contributed by atoms with Crippen LogP contribution in [0.2, 0.25) is 5.02 Å². The lowest BCUT2D eigenvalue weighted by Crippen LogP contribution is -2.33.